The summed E-state index contributed by atoms with van der Waals surface area (Å²) < 4.78 is 4.80. The molecule has 1 heterocycles. The van der Waals surface area contributed by atoms with Gasteiger partial charge in [-0.15, -0.1) is 0 Å². The molecule has 35 heavy (non-hydrogen) atoms. The Kier molecular flexibility index (Phi) is 8.03. The van der Waals surface area contributed by atoms with Crippen LogP contribution in [0.25, 0.3) is 0 Å². The number of methoxy groups -OCH3 is 1. The molecule has 0 aromatic heterocycles. The van der Waals surface area contributed by atoms with E-state index in [2.05, 4.69) is 43.1 Å². The van der Waals surface area contributed by atoms with Crippen molar-refractivity contribution in [3.05, 3.63) is 90.0 Å². The van der Waals surface area contributed by atoms with Crippen LogP contribution in [0.4, 0.5) is 10.5 Å². The van der Waals surface area contributed by atoms with Crippen molar-refractivity contribution < 1.29 is 14.3 Å². The minimum Gasteiger partial charge on any atom is -0.465 e. The van der Waals surface area contributed by atoms with E-state index < -0.39 is 0 Å². The van der Waals surface area contributed by atoms with E-state index in [0.29, 0.717) is 31.1 Å². The smallest absolute Gasteiger partial charge is 0.337 e. The van der Waals surface area contributed by atoms with Crippen LogP contribution >= 0.6 is 0 Å². The molecule has 6 heteroatoms. The Hall–Kier alpha value is -3.38. The lowest BCUT2D eigenvalue weighted by Gasteiger charge is -2.46. The van der Waals surface area contributed by atoms with E-state index in [1.54, 1.807) is 12.1 Å². The maximum absolute atomic E-state index is 13.9. The van der Waals surface area contributed by atoms with E-state index in [1.165, 1.54) is 7.11 Å². The highest BCUT2D eigenvalue weighted by Gasteiger charge is 2.34. The Labute approximate surface area is 208 Å². The second-order valence-electron chi connectivity index (χ2n) is 9.50. The number of piperazine rings is 1. The Morgan fingerprint density at radius 3 is 2.26 bits per heavy atom. The van der Waals surface area contributed by atoms with Crippen LogP contribution in [0.5, 0.6) is 0 Å². The highest BCUT2D eigenvalue weighted by atomic mass is 16.5. The van der Waals surface area contributed by atoms with Crippen molar-refractivity contribution >= 4 is 17.7 Å². The third-order valence-corrected chi connectivity index (χ3v) is 6.90. The minimum atomic E-state index is -0.367. The van der Waals surface area contributed by atoms with Crippen molar-refractivity contribution in [3.8, 4) is 0 Å². The zero-order valence-corrected chi connectivity index (χ0v) is 20.8. The van der Waals surface area contributed by atoms with E-state index in [4.69, 9.17) is 4.74 Å². The molecule has 2 aliphatic rings. The van der Waals surface area contributed by atoms with Gasteiger partial charge < -0.3 is 9.64 Å². The van der Waals surface area contributed by atoms with Gasteiger partial charge in [-0.2, -0.15) is 0 Å². The minimum absolute atomic E-state index is 0.00656. The first-order valence-electron chi connectivity index (χ1n) is 12.3. The molecule has 0 saturated carbocycles. The number of nitrogens with zero attached hydrogens (tertiary/aromatic N) is 3. The van der Waals surface area contributed by atoms with Gasteiger partial charge in [0.1, 0.15) is 0 Å². The highest BCUT2D eigenvalue weighted by Crippen LogP contribution is 2.25. The number of ether oxygens (including phenoxy) is 1. The summed E-state index contributed by atoms with van der Waals surface area (Å²) in [6.07, 6.45) is 9.85. The van der Waals surface area contributed by atoms with E-state index in [1.807, 2.05) is 52.3 Å². The van der Waals surface area contributed by atoms with Crippen molar-refractivity contribution in [1.82, 2.24) is 9.80 Å². The molecule has 184 valence electrons. The first-order valence-corrected chi connectivity index (χ1v) is 12.3. The topological polar surface area (TPSA) is 53.1 Å². The van der Waals surface area contributed by atoms with E-state index >= 15 is 0 Å². The molecule has 2 aromatic carbocycles. The van der Waals surface area contributed by atoms with Crippen LogP contribution < -0.4 is 4.90 Å². The van der Waals surface area contributed by atoms with Gasteiger partial charge in [0.05, 0.1) is 19.2 Å². The van der Waals surface area contributed by atoms with Gasteiger partial charge in [0.25, 0.3) is 0 Å². The summed E-state index contributed by atoms with van der Waals surface area (Å²) in [5.41, 5.74) is 2.30. The third kappa shape index (κ3) is 6.01. The van der Waals surface area contributed by atoms with Gasteiger partial charge in [-0.05, 0) is 56.0 Å². The van der Waals surface area contributed by atoms with Crippen molar-refractivity contribution in [2.45, 2.75) is 38.9 Å². The SMILES string of the molecule is COC(=O)c1ccc(CN(C(=O)N2C[C@@H](C)N(CC3C=CC=CC3)[C@@H](C)C2)c2ccccc2)cc1. The average Bonchev–Trinajstić information content (AvgIpc) is 2.90. The molecule has 3 atom stereocenters. The number of amides is 2. The average molecular weight is 474 g/mol. The molecule has 1 fully saturated rings. The fourth-order valence-corrected chi connectivity index (χ4v) is 5.01. The summed E-state index contributed by atoms with van der Waals surface area (Å²) in [4.78, 5) is 32.0. The van der Waals surface area contributed by atoms with Crippen LogP contribution in [0.3, 0.4) is 0 Å². The first-order chi connectivity index (χ1) is 17.0. The standard InChI is InChI=1S/C29H35N3O3/c1-22-18-30(19-23(2)31(22)20-24-10-6-4-7-11-24)29(34)32(27-12-8-5-9-13-27)21-25-14-16-26(17-15-25)28(33)35-3/h4-10,12-17,22-24H,11,18-21H2,1-3H3/t22-,23+,24?. The van der Waals surface area contributed by atoms with Crippen LogP contribution in [0.1, 0.15) is 36.2 Å². The molecule has 1 aliphatic carbocycles. The predicted molar refractivity (Wildman–Crippen MR) is 139 cm³/mol. The fraction of sp³-hybridized carbons (Fsp3) is 0.379. The fourth-order valence-electron chi connectivity index (χ4n) is 5.01. The molecule has 0 radical (unpaired) electrons. The van der Waals surface area contributed by atoms with Gasteiger partial charge in [0.2, 0.25) is 0 Å². The summed E-state index contributed by atoms with van der Waals surface area (Å²) in [5.74, 6) is 0.161. The number of rotatable bonds is 6. The normalized spacial score (nSPS) is 22.1. The zero-order chi connectivity index (χ0) is 24.8. The number of hydrogen-bond acceptors (Lipinski definition) is 4. The van der Waals surface area contributed by atoms with Crippen LogP contribution in [-0.2, 0) is 11.3 Å². The van der Waals surface area contributed by atoms with Gasteiger partial charge in [0.15, 0.2) is 0 Å². The second kappa shape index (κ2) is 11.4. The molecule has 4 rings (SSSR count). The Balaban J connectivity index is 1.49. The number of esters is 1. The Morgan fingerprint density at radius 2 is 1.66 bits per heavy atom. The number of hydrogen-bond donors (Lipinski definition) is 0. The summed E-state index contributed by atoms with van der Waals surface area (Å²) in [7, 11) is 1.37. The number of carbonyl (C=O) groups is 2. The molecule has 1 unspecified atom stereocenters. The van der Waals surface area contributed by atoms with Gasteiger partial charge in [-0.25, -0.2) is 9.59 Å². The number of allylic oxidation sites excluding steroid dienone is 3. The second-order valence-corrected chi connectivity index (χ2v) is 9.50. The largest absolute Gasteiger partial charge is 0.465 e. The van der Waals surface area contributed by atoms with Crippen LogP contribution in [-0.4, -0.2) is 60.6 Å². The van der Waals surface area contributed by atoms with Crippen molar-refractivity contribution in [2.24, 2.45) is 5.92 Å². The number of carbonyl (C=O) groups excluding carboxylic acids is 2. The van der Waals surface area contributed by atoms with Crippen LogP contribution in [0, 0.1) is 5.92 Å². The highest BCUT2D eigenvalue weighted by molar-refractivity contribution is 5.92. The summed E-state index contributed by atoms with van der Waals surface area (Å²) in [5, 5.41) is 0. The van der Waals surface area contributed by atoms with Gasteiger partial charge >= 0.3 is 12.0 Å². The molecule has 1 saturated heterocycles. The van der Waals surface area contributed by atoms with Crippen LogP contribution in [0.2, 0.25) is 0 Å². The number of benzene rings is 2. The third-order valence-electron chi connectivity index (χ3n) is 6.90. The lowest BCUT2D eigenvalue weighted by molar-refractivity contribution is 0.0493. The molecule has 1 aliphatic heterocycles. The van der Waals surface area contributed by atoms with E-state index in [-0.39, 0.29) is 24.1 Å². The Bertz CT molecular complexity index is 1050. The molecule has 0 spiro atoms. The molecule has 6 nitrogen and oxygen atoms in total. The number of para-hydroxylation sites is 1. The van der Waals surface area contributed by atoms with Crippen LogP contribution in [0.15, 0.2) is 78.9 Å². The number of urea groups is 1. The maximum Gasteiger partial charge on any atom is 0.337 e. The predicted octanol–water partition coefficient (Wildman–Crippen LogP) is 5.13. The summed E-state index contributed by atoms with van der Waals surface area (Å²) in [6.45, 7) is 7.26. The molecule has 0 N–H and O–H groups in total. The van der Waals surface area contributed by atoms with E-state index in [9.17, 15) is 9.59 Å². The summed E-state index contributed by atoms with van der Waals surface area (Å²) in [6, 6.07) is 17.6. The number of anilines is 1. The van der Waals surface area contributed by atoms with Crippen molar-refractivity contribution in [2.75, 3.05) is 31.6 Å². The van der Waals surface area contributed by atoms with Crippen molar-refractivity contribution in [3.63, 3.8) is 0 Å². The van der Waals surface area contributed by atoms with Gasteiger partial charge in [-0.3, -0.25) is 9.80 Å². The van der Waals surface area contributed by atoms with Gasteiger partial charge in [0, 0.05) is 37.4 Å². The molecular weight excluding hydrogens is 438 g/mol. The zero-order valence-electron chi connectivity index (χ0n) is 20.8. The maximum atomic E-state index is 13.9. The Morgan fingerprint density at radius 1 is 0.971 bits per heavy atom. The quantitative estimate of drug-likeness (QED) is 0.546. The lowest BCUT2D eigenvalue weighted by Crippen LogP contribution is -2.60. The van der Waals surface area contributed by atoms with Crippen molar-refractivity contribution in [1.29, 1.82) is 0 Å². The van der Waals surface area contributed by atoms with Gasteiger partial charge in [-0.1, -0.05) is 54.6 Å². The molecule has 0 bridgehead atoms. The summed E-state index contributed by atoms with van der Waals surface area (Å²) >= 11 is 0. The monoisotopic (exact) mass is 473 g/mol. The first kappa shape index (κ1) is 24.7. The molecule has 2 aromatic rings. The lowest BCUT2D eigenvalue weighted by atomic mass is 9.97. The van der Waals surface area contributed by atoms with E-state index in [0.717, 1.165) is 24.2 Å². The molecular formula is C29H35N3O3. The molecule has 2 amide bonds.